The van der Waals surface area contributed by atoms with Crippen molar-refractivity contribution < 1.29 is 9.13 Å². The Morgan fingerprint density at radius 3 is 2.79 bits per heavy atom. The van der Waals surface area contributed by atoms with Gasteiger partial charge in [-0.25, -0.2) is 9.37 Å². The minimum atomic E-state index is -0.274. The molecule has 1 atom stereocenters. The molecule has 0 saturated carbocycles. The predicted molar refractivity (Wildman–Crippen MR) is 113 cm³/mol. The number of ether oxygens (including phenoxy) is 1. The first-order chi connectivity index (χ1) is 14.1. The number of nitrogens with one attached hydrogen (secondary N) is 1. The van der Waals surface area contributed by atoms with E-state index in [0.29, 0.717) is 38.9 Å². The standard InChI is InChI=1S/C22H17ClFN3OS/c1-2-10-27-11-26-22-17(21(27)25)16(12-6-8-13(23)9-7-12)20-18(28-22)14-4-3-5-15(24)19(14)29-20/h3-9,11,16,25H,2,10H2,1H3. The number of aromatic nitrogens is 2. The van der Waals surface area contributed by atoms with Gasteiger partial charge in [0.25, 0.3) is 0 Å². The summed E-state index contributed by atoms with van der Waals surface area (Å²) in [5.41, 5.74) is 2.03. The number of nitrogens with zero attached hydrogens (tertiary/aromatic N) is 2. The molecule has 4 nitrogen and oxygen atoms in total. The highest BCUT2D eigenvalue weighted by molar-refractivity contribution is 7.19. The quantitative estimate of drug-likeness (QED) is 0.381. The molecule has 29 heavy (non-hydrogen) atoms. The van der Waals surface area contributed by atoms with Gasteiger partial charge >= 0.3 is 0 Å². The summed E-state index contributed by atoms with van der Waals surface area (Å²) in [4.78, 5) is 5.38. The molecular weight excluding hydrogens is 409 g/mol. The molecule has 0 amide bonds. The van der Waals surface area contributed by atoms with Crippen LogP contribution in [-0.4, -0.2) is 9.55 Å². The maximum Gasteiger partial charge on any atom is 0.228 e. The minimum Gasteiger partial charge on any atom is -0.437 e. The third-order valence-electron chi connectivity index (χ3n) is 5.15. The Hall–Kier alpha value is -2.70. The van der Waals surface area contributed by atoms with Crippen molar-refractivity contribution in [2.24, 2.45) is 0 Å². The number of hydrogen-bond acceptors (Lipinski definition) is 4. The van der Waals surface area contributed by atoms with Crippen LogP contribution in [0.1, 0.15) is 35.3 Å². The number of halogens is 2. The summed E-state index contributed by atoms with van der Waals surface area (Å²) in [6.45, 7) is 2.76. The first-order valence-corrected chi connectivity index (χ1v) is 10.6. The van der Waals surface area contributed by atoms with Crippen LogP contribution in [-0.2, 0) is 6.54 Å². The number of thiophene rings is 1. The zero-order valence-corrected chi connectivity index (χ0v) is 17.1. The van der Waals surface area contributed by atoms with Gasteiger partial charge in [-0.2, -0.15) is 0 Å². The molecule has 0 aliphatic carbocycles. The molecule has 2 aromatic carbocycles. The molecule has 1 aliphatic rings. The van der Waals surface area contributed by atoms with E-state index in [9.17, 15) is 4.39 Å². The smallest absolute Gasteiger partial charge is 0.228 e. The van der Waals surface area contributed by atoms with E-state index in [1.54, 1.807) is 12.4 Å². The summed E-state index contributed by atoms with van der Waals surface area (Å²) >= 11 is 7.48. The van der Waals surface area contributed by atoms with Crippen LogP contribution >= 0.6 is 22.9 Å². The molecule has 7 heteroatoms. The number of aryl methyl sites for hydroxylation is 1. The summed E-state index contributed by atoms with van der Waals surface area (Å²) < 4.78 is 23.0. The second-order valence-corrected chi connectivity index (χ2v) is 8.49. The van der Waals surface area contributed by atoms with E-state index >= 15 is 0 Å². The number of hydrogen-bond donors (Lipinski definition) is 1. The summed E-state index contributed by atoms with van der Waals surface area (Å²) in [5, 5.41) is 10.2. The normalized spacial score (nSPS) is 15.1. The maximum absolute atomic E-state index is 14.5. The lowest BCUT2D eigenvalue weighted by Crippen LogP contribution is -2.29. The van der Waals surface area contributed by atoms with Crippen LogP contribution in [0.15, 0.2) is 48.8 Å². The lowest BCUT2D eigenvalue weighted by atomic mass is 9.89. The van der Waals surface area contributed by atoms with Gasteiger partial charge in [0.15, 0.2) is 5.75 Å². The Labute approximate surface area is 175 Å². The van der Waals surface area contributed by atoms with Crippen LogP contribution in [0.3, 0.4) is 0 Å². The Kier molecular flexibility index (Phi) is 4.41. The van der Waals surface area contributed by atoms with Gasteiger partial charge in [0, 0.05) is 17.0 Å². The molecule has 0 fully saturated rings. The van der Waals surface area contributed by atoms with Gasteiger partial charge in [0.05, 0.1) is 21.1 Å². The van der Waals surface area contributed by atoms with Crippen LogP contribution in [0, 0.1) is 11.2 Å². The fraction of sp³-hybridized carbons (Fsp3) is 0.182. The van der Waals surface area contributed by atoms with Crippen LogP contribution in [0.5, 0.6) is 11.6 Å². The fourth-order valence-corrected chi connectivity index (χ4v) is 5.23. The molecule has 1 aliphatic heterocycles. The predicted octanol–water partition coefficient (Wildman–Crippen LogP) is 6.07. The Bertz CT molecular complexity index is 1300. The van der Waals surface area contributed by atoms with Crippen molar-refractivity contribution in [2.75, 3.05) is 0 Å². The molecule has 5 rings (SSSR count). The molecule has 0 bridgehead atoms. The van der Waals surface area contributed by atoms with E-state index in [1.165, 1.54) is 17.4 Å². The summed E-state index contributed by atoms with van der Waals surface area (Å²) in [5.74, 6) is 0.479. The second-order valence-electron chi connectivity index (χ2n) is 7.00. The number of benzene rings is 2. The Morgan fingerprint density at radius 1 is 1.24 bits per heavy atom. The van der Waals surface area contributed by atoms with Crippen molar-refractivity contribution in [2.45, 2.75) is 25.8 Å². The second kappa shape index (κ2) is 6.97. The summed E-state index contributed by atoms with van der Waals surface area (Å²) in [7, 11) is 0. The van der Waals surface area contributed by atoms with Crippen molar-refractivity contribution in [1.29, 1.82) is 5.41 Å². The largest absolute Gasteiger partial charge is 0.437 e. The first-order valence-electron chi connectivity index (χ1n) is 9.36. The van der Waals surface area contributed by atoms with Gasteiger partial charge in [0.2, 0.25) is 5.88 Å². The van der Waals surface area contributed by atoms with Gasteiger partial charge in [0.1, 0.15) is 17.6 Å². The highest BCUT2D eigenvalue weighted by Gasteiger charge is 2.35. The molecule has 4 aromatic rings. The molecular formula is C22H17ClFN3OS. The van der Waals surface area contributed by atoms with Gasteiger partial charge in [-0.05, 0) is 36.2 Å². The van der Waals surface area contributed by atoms with E-state index < -0.39 is 0 Å². The van der Waals surface area contributed by atoms with Crippen LogP contribution in [0.4, 0.5) is 4.39 Å². The van der Waals surface area contributed by atoms with Crippen molar-refractivity contribution in [3.8, 4) is 11.6 Å². The lowest BCUT2D eigenvalue weighted by molar-refractivity contribution is 0.429. The molecule has 1 N–H and O–H groups in total. The van der Waals surface area contributed by atoms with Gasteiger partial charge in [-0.15, -0.1) is 11.3 Å². The first kappa shape index (κ1) is 18.3. The zero-order chi connectivity index (χ0) is 20.1. The molecule has 1 unspecified atom stereocenters. The number of fused-ring (bicyclic) bond motifs is 4. The molecule has 2 aromatic heterocycles. The van der Waals surface area contributed by atoms with Gasteiger partial charge in [-0.3, -0.25) is 5.41 Å². The van der Waals surface area contributed by atoms with Crippen LogP contribution in [0.2, 0.25) is 5.02 Å². The summed E-state index contributed by atoms with van der Waals surface area (Å²) in [6.07, 6.45) is 2.53. The van der Waals surface area contributed by atoms with E-state index in [0.717, 1.165) is 22.2 Å². The van der Waals surface area contributed by atoms with Crippen LogP contribution < -0.4 is 10.2 Å². The molecule has 146 valence electrons. The van der Waals surface area contributed by atoms with E-state index in [-0.39, 0.29) is 11.7 Å². The lowest BCUT2D eigenvalue weighted by Gasteiger charge is -2.26. The van der Waals surface area contributed by atoms with Crippen molar-refractivity contribution >= 4 is 33.0 Å². The van der Waals surface area contributed by atoms with Crippen molar-refractivity contribution in [3.63, 3.8) is 0 Å². The third kappa shape index (κ3) is 2.86. The SMILES string of the molecule is CCCn1cnc2c(c1=N)C(c1ccc(Cl)cc1)c1sc3c(F)cccc3c1O2. The van der Waals surface area contributed by atoms with Crippen molar-refractivity contribution in [1.82, 2.24) is 9.55 Å². The maximum atomic E-state index is 14.5. The Balaban J connectivity index is 1.83. The molecule has 3 heterocycles. The highest BCUT2D eigenvalue weighted by atomic mass is 35.5. The van der Waals surface area contributed by atoms with E-state index in [4.69, 9.17) is 21.7 Å². The molecule has 0 saturated heterocycles. The highest BCUT2D eigenvalue weighted by Crippen LogP contribution is 2.52. The average Bonchev–Trinajstić information content (AvgIpc) is 3.09. The van der Waals surface area contributed by atoms with Gasteiger partial charge < -0.3 is 9.30 Å². The fourth-order valence-electron chi connectivity index (χ4n) is 3.83. The third-order valence-corrected chi connectivity index (χ3v) is 6.66. The Morgan fingerprint density at radius 2 is 2.03 bits per heavy atom. The molecule has 0 radical (unpaired) electrons. The monoisotopic (exact) mass is 425 g/mol. The summed E-state index contributed by atoms with van der Waals surface area (Å²) in [6, 6.07) is 12.6. The topological polar surface area (TPSA) is 50.9 Å². The minimum absolute atomic E-state index is 0.271. The van der Waals surface area contributed by atoms with Crippen molar-refractivity contribution in [3.05, 3.63) is 81.1 Å². The zero-order valence-electron chi connectivity index (χ0n) is 15.6. The van der Waals surface area contributed by atoms with E-state index in [1.807, 2.05) is 34.9 Å². The number of rotatable bonds is 3. The molecule has 0 spiro atoms. The van der Waals surface area contributed by atoms with Crippen LogP contribution in [0.25, 0.3) is 10.1 Å². The average molecular weight is 426 g/mol. The van der Waals surface area contributed by atoms with E-state index in [2.05, 4.69) is 11.9 Å². The van der Waals surface area contributed by atoms with Gasteiger partial charge in [-0.1, -0.05) is 36.7 Å².